The molecule has 0 spiro atoms. The number of ether oxygens (including phenoxy) is 2. The maximum atomic E-state index is 12.9. The van der Waals surface area contributed by atoms with Crippen LogP contribution >= 0.6 is 22.9 Å². The van der Waals surface area contributed by atoms with E-state index in [-0.39, 0.29) is 5.56 Å². The number of thiazole rings is 1. The molecule has 5 rings (SSSR count). The van der Waals surface area contributed by atoms with Crippen LogP contribution in [0.4, 0.5) is 0 Å². The fraction of sp³-hybridized carbons (Fsp3) is 0.120. The SMILES string of the molecule is O=c1c(=Cc2cccc(OCCCOc3ccc(Cl)cc3)c2)sc2nc3ccccc3n12. The van der Waals surface area contributed by atoms with E-state index in [0.29, 0.717) is 27.7 Å². The monoisotopic (exact) mass is 462 g/mol. The zero-order chi connectivity index (χ0) is 21.9. The molecule has 0 saturated carbocycles. The molecule has 0 aliphatic carbocycles. The highest BCUT2D eigenvalue weighted by molar-refractivity contribution is 7.15. The van der Waals surface area contributed by atoms with Crippen LogP contribution in [0.15, 0.2) is 77.6 Å². The Morgan fingerprint density at radius 1 is 0.938 bits per heavy atom. The number of para-hydroxylation sites is 2. The molecule has 0 fully saturated rings. The predicted octanol–water partition coefficient (Wildman–Crippen LogP) is 4.96. The van der Waals surface area contributed by atoms with Crippen LogP contribution in [0.2, 0.25) is 5.02 Å². The highest BCUT2D eigenvalue weighted by atomic mass is 35.5. The summed E-state index contributed by atoms with van der Waals surface area (Å²) in [6.07, 6.45) is 2.63. The molecule has 0 amide bonds. The number of rotatable bonds is 7. The number of benzene rings is 3. The number of fused-ring (bicyclic) bond motifs is 3. The first-order valence-corrected chi connectivity index (χ1v) is 11.4. The highest BCUT2D eigenvalue weighted by Gasteiger charge is 2.10. The van der Waals surface area contributed by atoms with Crippen molar-refractivity contribution in [3.63, 3.8) is 0 Å². The molecule has 0 N–H and O–H groups in total. The molecule has 0 unspecified atom stereocenters. The summed E-state index contributed by atoms with van der Waals surface area (Å²) in [6, 6.07) is 22.7. The van der Waals surface area contributed by atoms with Crippen LogP contribution in [0, 0.1) is 0 Å². The van der Waals surface area contributed by atoms with E-state index in [2.05, 4.69) is 4.98 Å². The molecule has 5 nitrogen and oxygen atoms in total. The van der Waals surface area contributed by atoms with Crippen LogP contribution in [-0.2, 0) is 0 Å². The molecule has 7 heteroatoms. The van der Waals surface area contributed by atoms with Crippen LogP contribution in [0.1, 0.15) is 12.0 Å². The van der Waals surface area contributed by atoms with Crippen molar-refractivity contribution < 1.29 is 9.47 Å². The Hall–Kier alpha value is -3.35. The van der Waals surface area contributed by atoms with Gasteiger partial charge in [-0.1, -0.05) is 47.2 Å². The zero-order valence-corrected chi connectivity index (χ0v) is 18.6. The lowest BCUT2D eigenvalue weighted by atomic mass is 10.2. The van der Waals surface area contributed by atoms with Crippen molar-refractivity contribution in [1.29, 1.82) is 0 Å². The molecule has 5 aromatic rings. The largest absolute Gasteiger partial charge is 0.493 e. The van der Waals surface area contributed by atoms with Crippen molar-refractivity contribution in [2.45, 2.75) is 6.42 Å². The Balaban J connectivity index is 1.26. The van der Waals surface area contributed by atoms with Gasteiger partial charge in [0.15, 0.2) is 4.96 Å². The summed E-state index contributed by atoms with van der Waals surface area (Å²) >= 11 is 7.27. The van der Waals surface area contributed by atoms with Crippen molar-refractivity contribution in [2.24, 2.45) is 0 Å². The van der Waals surface area contributed by atoms with Crippen LogP contribution in [0.3, 0.4) is 0 Å². The summed E-state index contributed by atoms with van der Waals surface area (Å²) in [5.41, 5.74) is 2.52. The van der Waals surface area contributed by atoms with Gasteiger partial charge >= 0.3 is 0 Å². The maximum absolute atomic E-state index is 12.9. The molecular formula is C25H19ClN2O3S. The average Bonchev–Trinajstić information content (AvgIpc) is 3.31. The summed E-state index contributed by atoms with van der Waals surface area (Å²) < 4.78 is 13.9. The second-order valence-electron chi connectivity index (χ2n) is 7.21. The predicted molar refractivity (Wildman–Crippen MR) is 129 cm³/mol. The van der Waals surface area contributed by atoms with Crippen molar-refractivity contribution in [2.75, 3.05) is 13.2 Å². The van der Waals surface area contributed by atoms with Gasteiger partial charge < -0.3 is 9.47 Å². The third-order valence-electron chi connectivity index (χ3n) is 4.94. The van der Waals surface area contributed by atoms with Gasteiger partial charge in [0, 0.05) is 11.4 Å². The van der Waals surface area contributed by atoms with Gasteiger partial charge in [-0.25, -0.2) is 9.38 Å². The molecule has 2 aromatic heterocycles. The minimum absolute atomic E-state index is 0.0515. The molecule has 0 bridgehead atoms. The van der Waals surface area contributed by atoms with E-state index < -0.39 is 0 Å². The van der Waals surface area contributed by atoms with Crippen molar-refractivity contribution in [3.05, 3.63) is 98.3 Å². The zero-order valence-electron chi connectivity index (χ0n) is 17.0. The lowest BCUT2D eigenvalue weighted by molar-refractivity contribution is 0.247. The molecular weight excluding hydrogens is 444 g/mol. The smallest absolute Gasteiger partial charge is 0.274 e. The van der Waals surface area contributed by atoms with Gasteiger partial charge in [0.25, 0.3) is 5.56 Å². The Morgan fingerprint density at radius 3 is 2.56 bits per heavy atom. The van der Waals surface area contributed by atoms with E-state index in [1.54, 1.807) is 16.5 Å². The van der Waals surface area contributed by atoms with E-state index >= 15 is 0 Å². The molecule has 160 valence electrons. The molecule has 0 atom stereocenters. The first-order chi connectivity index (χ1) is 15.7. The normalized spacial score (nSPS) is 12.0. The van der Waals surface area contributed by atoms with Crippen LogP contribution in [-0.4, -0.2) is 22.6 Å². The van der Waals surface area contributed by atoms with Crippen LogP contribution in [0.25, 0.3) is 22.1 Å². The number of hydrogen-bond acceptors (Lipinski definition) is 5. The Labute approximate surface area is 193 Å². The van der Waals surface area contributed by atoms with E-state index in [4.69, 9.17) is 21.1 Å². The van der Waals surface area contributed by atoms with Gasteiger partial charge in [0.2, 0.25) is 0 Å². The van der Waals surface area contributed by atoms with Gasteiger partial charge in [0.1, 0.15) is 11.5 Å². The van der Waals surface area contributed by atoms with Gasteiger partial charge in [-0.3, -0.25) is 4.79 Å². The molecule has 0 aliphatic rings. The van der Waals surface area contributed by atoms with Crippen LogP contribution in [0.5, 0.6) is 11.5 Å². The molecule has 0 saturated heterocycles. The molecule has 3 aromatic carbocycles. The third kappa shape index (κ3) is 4.33. The van der Waals surface area contributed by atoms with Gasteiger partial charge in [-0.05, 0) is 60.2 Å². The van der Waals surface area contributed by atoms with Gasteiger partial charge in [0.05, 0.1) is 28.8 Å². The van der Waals surface area contributed by atoms with Gasteiger partial charge in [-0.15, -0.1) is 0 Å². The van der Waals surface area contributed by atoms with Crippen molar-refractivity contribution in [3.8, 4) is 11.5 Å². The van der Waals surface area contributed by atoms with Gasteiger partial charge in [-0.2, -0.15) is 0 Å². The summed E-state index contributed by atoms with van der Waals surface area (Å²) in [5, 5.41) is 0.687. The minimum atomic E-state index is -0.0515. The molecule has 32 heavy (non-hydrogen) atoms. The number of aromatic nitrogens is 2. The first-order valence-electron chi connectivity index (χ1n) is 10.2. The molecule has 0 aliphatic heterocycles. The summed E-state index contributed by atoms with van der Waals surface area (Å²) in [4.78, 5) is 18.2. The number of imidazole rings is 1. The quantitative estimate of drug-likeness (QED) is 0.321. The van der Waals surface area contributed by atoms with Crippen LogP contribution < -0.4 is 19.6 Å². The Bertz CT molecular complexity index is 1490. The standard InChI is InChI=1S/C25H19ClN2O3S/c26-18-9-11-19(12-10-18)30-13-4-14-31-20-6-3-5-17(15-20)16-23-24(29)28-22-8-2-1-7-21(22)27-25(28)32-23/h1-3,5-12,15-16H,4,13-14H2. The first kappa shape index (κ1) is 20.5. The highest BCUT2D eigenvalue weighted by Crippen LogP contribution is 2.18. The van der Waals surface area contributed by atoms with Crippen molar-refractivity contribution >= 4 is 45.0 Å². The summed E-state index contributed by atoms with van der Waals surface area (Å²) in [6.45, 7) is 1.08. The summed E-state index contributed by atoms with van der Waals surface area (Å²) in [7, 11) is 0. The third-order valence-corrected chi connectivity index (χ3v) is 6.16. The number of nitrogens with zero attached hydrogens (tertiary/aromatic N) is 2. The van der Waals surface area contributed by atoms with E-state index in [0.717, 1.165) is 34.5 Å². The Morgan fingerprint density at radius 2 is 1.72 bits per heavy atom. The number of halogens is 1. The van der Waals surface area contributed by atoms with E-state index in [9.17, 15) is 4.79 Å². The van der Waals surface area contributed by atoms with Crippen molar-refractivity contribution in [1.82, 2.24) is 9.38 Å². The fourth-order valence-electron chi connectivity index (χ4n) is 3.43. The van der Waals surface area contributed by atoms with E-state index in [1.807, 2.05) is 66.7 Å². The maximum Gasteiger partial charge on any atom is 0.274 e. The summed E-state index contributed by atoms with van der Waals surface area (Å²) in [5.74, 6) is 1.54. The molecule has 2 heterocycles. The lowest BCUT2D eigenvalue weighted by Crippen LogP contribution is -2.22. The topological polar surface area (TPSA) is 52.8 Å². The second-order valence-corrected chi connectivity index (χ2v) is 8.66. The van der Waals surface area contributed by atoms with E-state index in [1.165, 1.54) is 11.3 Å². The minimum Gasteiger partial charge on any atom is -0.493 e. The lowest BCUT2D eigenvalue weighted by Gasteiger charge is -2.08. The second kappa shape index (κ2) is 9.02. The average molecular weight is 463 g/mol. The Kier molecular flexibility index (Phi) is 5.79. The fourth-order valence-corrected chi connectivity index (χ4v) is 4.54. The molecule has 0 radical (unpaired) electrons. The number of hydrogen-bond donors (Lipinski definition) is 0.